The summed E-state index contributed by atoms with van der Waals surface area (Å²) in [5.74, 6) is 0.456. The maximum atomic E-state index is 12.3. The van der Waals surface area contributed by atoms with Crippen LogP contribution >= 0.6 is 11.6 Å². The van der Waals surface area contributed by atoms with Crippen molar-refractivity contribution in [3.8, 4) is 11.8 Å². The van der Waals surface area contributed by atoms with E-state index in [4.69, 9.17) is 16.9 Å². The van der Waals surface area contributed by atoms with Gasteiger partial charge in [-0.25, -0.2) is 9.48 Å². The number of aromatic nitrogens is 2. The zero-order chi connectivity index (χ0) is 17.1. The van der Waals surface area contributed by atoms with Gasteiger partial charge in [-0.3, -0.25) is 15.2 Å². The van der Waals surface area contributed by atoms with E-state index in [2.05, 4.69) is 21.5 Å². The minimum Gasteiger partial charge on any atom is -0.292 e. The molecule has 2 heterocycles. The van der Waals surface area contributed by atoms with Crippen LogP contribution < -0.4 is 5.32 Å². The number of carbonyl (C=O) groups excluding carboxylic acids is 1. The van der Waals surface area contributed by atoms with E-state index in [9.17, 15) is 4.79 Å². The Labute approximate surface area is 143 Å². The molecule has 0 atom stereocenters. The molecule has 0 radical (unpaired) electrons. The first-order chi connectivity index (χ1) is 11.6. The third kappa shape index (κ3) is 3.14. The first kappa shape index (κ1) is 15.8. The number of benzene rings is 1. The lowest BCUT2D eigenvalue weighted by Gasteiger charge is -2.19. The first-order valence-corrected chi connectivity index (χ1v) is 7.47. The molecule has 0 saturated carbocycles. The van der Waals surface area contributed by atoms with E-state index < -0.39 is 0 Å². The zero-order valence-corrected chi connectivity index (χ0v) is 13.5. The second-order valence-electron chi connectivity index (χ2n) is 5.08. The van der Waals surface area contributed by atoms with Crippen LogP contribution in [0.4, 0.5) is 10.6 Å². The molecular formula is C16H13ClN6O. The fourth-order valence-corrected chi connectivity index (χ4v) is 2.41. The summed E-state index contributed by atoms with van der Waals surface area (Å²) < 4.78 is 1.51. The van der Waals surface area contributed by atoms with Crippen LogP contribution in [0.25, 0.3) is 5.69 Å². The number of nitrogens with one attached hydrogen (secondary N) is 1. The number of amides is 2. The van der Waals surface area contributed by atoms with Crippen LogP contribution in [0.3, 0.4) is 0 Å². The number of halogens is 1. The molecule has 1 aliphatic rings. The van der Waals surface area contributed by atoms with Crippen LogP contribution in [0.2, 0.25) is 5.02 Å². The third-order valence-corrected chi connectivity index (χ3v) is 3.64. The highest BCUT2D eigenvalue weighted by molar-refractivity contribution is 6.32. The van der Waals surface area contributed by atoms with E-state index in [1.54, 1.807) is 49.7 Å². The quantitative estimate of drug-likeness (QED) is 0.911. The number of nitriles is 1. The van der Waals surface area contributed by atoms with Crippen LogP contribution in [-0.2, 0) is 0 Å². The Morgan fingerprint density at radius 3 is 2.96 bits per heavy atom. The number of anilines is 1. The average molecular weight is 341 g/mol. The molecule has 8 heteroatoms. The standard InChI is InChI=1S/C16H13ClN6O/c1-11-7-15(20-16(24)22-6-2-5-19-10-22)23(21-11)14-8-12(9-18)3-4-13(14)17/h2-8H,10H2,1H3,(H,20,24). The van der Waals surface area contributed by atoms with Crippen molar-refractivity contribution in [2.75, 3.05) is 12.0 Å². The van der Waals surface area contributed by atoms with Crippen LogP contribution in [0.1, 0.15) is 11.3 Å². The molecule has 120 valence electrons. The number of rotatable bonds is 2. The molecule has 1 N–H and O–H groups in total. The van der Waals surface area contributed by atoms with Crippen LogP contribution in [0.5, 0.6) is 0 Å². The first-order valence-electron chi connectivity index (χ1n) is 7.09. The normalized spacial score (nSPS) is 13.0. The minimum atomic E-state index is -0.336. The Hall–Kier alpha value is -3.11. The molecule has 0 bridgehead atoms. The fraction of sp³-hybridized carbons (Fsp3) is 0.125. The predicted molar refractivity (Wildman–Crippen MR) is 91.4 cm³/mol. The molecule has 0 spiro atoms. The van der Waals surface area contributed by atoms with E-state index >= 15 is 0 Å². The number of hydrogen-bond acceptors (Lipinski definition) is 4. The molecule has 0 saturated heterocycles. The summed E-state index contributed by atoms with van der Waals surface area (Å²) in [4.78, 5) is 17.8. The minimum absolute atomic E-state index is 0.250. The van der Waals surface area contributed by atoms with Crippen LogP contribution in [0, 0.1) is 18.3 Å². The van der Waals surface area contributed by atoms with Gasteiger partial charge in [0.2, 0.25) is 0 Å². The van der Waals surface area contributed by atoms with Crippen LogP contribution in [-0.4, -0.2) is 33.6 Å². The van der Waals surface area contributed by atoms with E-state index in [1.165, 1.54) is 9.58 Å². The Balaban J connectivity index is 1.94. The molecule has 2 amide bonds. The number of hydrogen-bond donors (Lipinski definition) is 1. The number of carbonyl (C=O) groups is 1. The van der Waals surface area contributed by atoms with Gasteiger partial charge in [-0.15, -0.1) is 0 Å². The van der Waals surface area contributed by atoms with Gasteiger partial charge in [-0.1, -0.05) is 11.6 Å². The third-order valence-electron chi connectivity index (χ3n) is 3.32. The van der Waals surface area contributed by atoms with E-state index in [0.717, 1.165) is 0 Å². The lowest BCUT2D eigenvalue weighted by atomic mass is 10.2. The molecule has 0 aliphatic carbocycles. The lowest BCUT2D eigenvalue weighted by Crippen LogP contribution is -2.32. The van der Waals surface area contributed by atoms with Crippen LogP contribution in [0.15, 0.2) is 41.5 Å². The molecule has 0 unspecified atom stereocenters. The van der Waals surface area contributed by atoms with Crippen molar-refractivity contribution in [1.29, 1.82) is 5.26 Å². The summed E-state index contributed by atoms with van der Waals surface area (Å²) in [6.07, 6.45) is 4.95. The Morgan fingerprint density at radius 1 is 1.42 bits per heavy atom. The topological polar surface area (TPSA) is 86.3 Å². The van der Waals surface area contributed by atoms with Gasteiger partial charge >= 0.3 is 6.03 Å². The van der Waals surface area contributed by atoms with Gasteiger partial charge in [-0.05, 0) is 31.2 Å². The average Bonchev–Trinajstić information content (AvgIpc) is 2.96. The highest BCUT2D eigenvalue weighted by atomic mass is 35.5. The number of urea groups is 1. The predicted octanol–water partition coefficient (Wildman–Crippen LogP) is 3.10. The highest BCUT2D eigenvalue weighted by Gasteiger charge is 2.17. The zero-order valence-electron chi connectivity index (χ0n) is 12.8. The molecule has 2 aromatic rings. The summed E-state index contributed by atoms with van der Waals surface area (Å²) >= 11 is 6.23. The monoisotopic (exact) mass is 340 g/mol. The van der Waals surface area contributed by atoms with Gasteiger partial charge in [0.1, 0.15) is 12.5 Å². The Kier molecular flexibility index (Phi) is 4.31. The SMILES string of the molecule is Cc1cc(NC(=O)N2C=CC=NC2)n(-c2cc(C#N)ccc2Cl)n1. The summed E-state index contributed by atoms with van der Waals surface area (Å²) in [5, 5.41) is 16.6. The number of nitrogens with zero attached hydrogens (tertiary/aromatic N) is 5. The Morgan fingerprint density at radius 2 is 2.25 bits per heavy atom. The second kappa shape index (κ2) is 6.56. The molecule has 1 aliphatic heterocycles. The fourth-order valence-electron chi connectivity index (χ4n) is 2.22. The van der Waals surface area contributed by atoms with Crippen molar-refractivity contribution < 1.29 is 4.79 Å². The number of aryl methyl sites for hydroxylation is 1. The summed E-state index contributed by atoms with van der Waals surface area (Å²) in [7, 11) is 0. The lowest BCUT2D eigenvalue weighted by molar-refractivity contribution is 0.229. The van der Waals surface area contributed by atoms with E-state index in [0.29, 0.717) is 27.8 Å². The smallest absolute Gasteiger partial charge is 0.292 e. The van der Waals surface area contributed by atoms with Crippen molar-refractivity contribution >= 4 is 29.7 Å². The van der Waals surface area contributed by atoms with Crippen molar-refractivity contribution in [1.82, 2.24) is 14.7 Å². The Bertz CT molecular complexity index is 892. The van der Waals surface area contributed by atoms with Crippen molar-refractivity contribution in [2.45, 2.75) is 6.92 Å². The maximum absolute atomic E-state index is 12.3. The summed E-state index contributed by atoms with van der Waals surface area (Å²) in [6, 6.07) is 8.32. The van der Waals surface area contributed by atoms with Gasteiger partial charge in [0, 0.05) is 18.5 Å². The maximum Gasteiger partial charge on any atom is 0.328 e. The van der Waals surface area contributed by atoms with Crippen molar-refractivity contribution in [3.05, 3.63) is 52.8 Å². The number of allylic oxidation sites excluding steroid dienone is 1. The van der Waals surface area contributed by atoms with Gasteiger partial charge in [0.25, 0.3) is 0 Å². The van der Waals surface area contributed by atoms with Gasteiger partial charge in [0.15, 0.2) is 0 Å². The highest BCUT2D eigenvalue weighted by Crippen LogP contribution is 2.25. The molecule has 1 aromatic heterocycles. The summed E-state index contributed by atoms with van der Waals surface area (Å²) in [5.41, 5.74) is 1.68. The summed E-state index contributed by atoms with van der Waals surface area (Å²) in [6.45, 7) is 2.05. The molecule has 0 fully saturated rings. The van der Waals surface area contributed by atoms with E-state index in [-0.39, 0.29) is 12.7 Å². The largest absolute Gasteiger partial charge is 0.328 e. The van der Waals surface area contributed by atoms with E-state index in [1.807, 2.05) is 0 Å². The van der Waals surface area contributed by atoms with Gasteiger partial charge in [0.05, 0.1) is 28.0 Å². The van der Waals surface area contributed by atoms with Gasteiger partial charge < -0.3 is 0 Å². The van der Waals surface area contributed by atoms with Crippen molar-refractivity contribution in [2.24, 2.45) is 4.99 Å². The second-order valence-corrected chi connectivity index (χ2v) is 5.48. The molecule has 7 nitrogen and oxygen atoms in total. The molecular weight excluding hydrogens is 328 g/mol. The number of aliphatic imine (C=N–C) groups is 1. The molecule has 24 heavy (non-hydrogen) atoms. The molecule has 3 rings (SSSR count). The molecule has 1 aromatic carbocycles. The van der Waals surface area contributed by atoms with Crippen molar-refractivity contribution in [3.63, 3.8) is 0 Å². The van der Waals surface area contributed by atoms with Gasteiger partial charge in [-0.2, -0.15) is 10.4 Å².